The van der Waals surface area contributed by atoms with Crippen molar-refractivity contribution in [1.82, 2.24) is 14.7 Å². The van der Waals surface area contributed by atoms with E-state index in [1.165, 1.54) is 10.6 Å². The lowest BCUT2D eigenvalue weighted by Gasteiger charge is -2.24. The van der Waals surface area contributed by atoms with Gasteiger partial charge >= 0.3 is 0 Å². The first kappa shape index (κ1) is 14.8. The highest BCUT2D eigenvalue weighted by molar-refractivity contribution is 9.10. The number of aryl methyl sites for hydroxylation is 2. The molecular formula is C14H20BrN3S. The Morgan fingerprint density at radius 3 is 2.79 bits per heavy atom. The molecule has 2 aromatic heterocycles. The van der Waals surface area contributed by atoms with Gasteiger partial charge in [-0.3, -0.25) is 9.58 Å². The fraction of sp³-hybridized carbons (Fsp3) is 0.500. The molecule has 0 saturated heterocycles. The highest BCUT2D eigenvalue weighted by Crippen LogP contribution is 2.22. The second-order valence-electron chi connectivity index (χ2n) is 5.02. The van der Waals surface area contributed by atoms with Gasteiger partial charge in [-0.05, 0) is 54.7 Å². The average Bonchev–Trinajstić information content (AvgIpc) is 2.94. The topological polar surface area (TPSA) is 21.1 Å². The number of aromatic nitrogens is 2. The van der Waals surface area contributed by atoms with Gasteiger partial charge in [-0.25, -0.2) is 0 Å². The zero-order valence-electron chi connectivity index (χ0n) is 11.9. The van der Waals surface area contributed by atoms with Crippen LogP contribution in [0.4, 0.5) is 0 Å². The summed E-state index contributed by atoms with van der Waals surface area (Å²) in [4.78, 5) is 3.82. The fourth-order valence-corrected chi connectivity index (χ4v) is 3.41. The second-order valence-corrected chi connectivity index (χ2v) is 6.84. The standard InChI is InChI=1S/C14H20BrN3S/c1-10(8-12-6-5-7-19-12)17(3)9-13-14(15)11(2)16-18(13)4/h5-7,10H,8-9H2,1-4H3. The molecule has 0 radical (unpaired) electrons. The normalized spacial score (nSPS) is 13.2. The van der Waals surface area contributed by atoms with Crippen LogP contribution in [0, 0.1) is 6.92 Å². The zero-order chi connectivity index (χ0) is 14.0. The molecule has 3 nitrogen and oxygen atoms in total. The summed E-state index contributed by atoms with van der Waals surface area (Å²) in [5, 5.41) is 6.59. The van der Waals surface area contributed by atoms with Gasteiger partial charge in [-0.2, -0.15) is 5.10 Å². The summed E-state index contributed by atoms with van der Waals surface area (Å²) in [5.41, 5.74) is 2.29. The van der Waals surface area contributed by atoms with E-state index in [0.717, 1.165) is 23.1 Å². The minimum Gasteiger partial charge on any atom is -0.297 e. The molecule has 0 aliphatic rings. The van der Waals surface area contributed by atoms with Gasteiger partial charge in [0, 0.05) is 24.5 Å². The van der Waals surface area contributed by atoms with Crippen molar-refractivity contribution >= 4 is 27.3 Å². The van der Waals surface area contributed by atoms with E-state index in [4.69, 9.17) is 0 Å². The Bertz CT molecular complexity index is 533. The van der Waals surface area contributed by atoms with Gasteiger partial charge in [-0.15, -0.1) is 11.3 Å². The first-order valence-corrected chi connectivity index (χ1v) is 8.07. The Labute approximate surface area is 127 Å². The predicted octanol–water partition coefficient (Wildman–Crippen LogP) is 3.62. The number of thiophene rings is 1. The van der Waals surface area contributed by atoms with Crippen LogP contribution in [-0.2, 0) is 20.0 Å². The first-order chi connectivity index (χ1) is 8.99. The third kappa shape index (κ3) is 3.46. The number of hydrogen-bond donors (Lipinski definition) is 0. The van der Waals surface area contributed by atoms with E-state index in [0.29, 0.717) is 6.04 Å². The second kappa shape index (κ2) is 6.20. The third-order valence-corrected chi connectivity index (χ3v) is 5.42. The molecular weight excluding hydrogens is 322 g/mol. The maximum Gasteiger partial charge on any atom is 0.0739 e. The van der Waals surface area contributed by atoms with Crippen LogP contribution in [0.2, 0.25) is 0 Å². The molecule has 0 fully saturated rings. The van der Waals surface area contributed by atoms with E-state index in [1.54, 1.807) is 0 Å². The number of nitrogens with zero attached hydrogens (tertiary/aromatic N) is 3. The lowest BCUT2D eigenvalue weighted by molar-refractivity contribution is 0.242. The Morgan fingerprint density at radius 1 is 1.53 bits per heavy atom. The summed E-state index contributed by atoms with van der Waals surface area (Å²) in [7, 11) is 4.18. The van der Waals surface area contributed by atoms with Crippen molar-refractivity contribution in [2.24, 2.45) is 7.05 Å². The van der Waals surface area contributed by atoms with Gasteiger partial charge < -0.3 is 0 Å². The van der Waals surface area contributed by atoms with Gasteiger partial charge in [-0.1, -0.05) is 6.07 Å². The third-order valence-electron chi connectivity index (χ3n) is 3.49. The van der Waals surface area contributed by atoms with Gasteiger partial charge in [0.15, 0.2) is 0 Å². The van der Waals surface area contributed by atoms with Crippen LogP contribution < -0.4 is 0 Å². The molecule has 1 atom stereocenters. The highest BCUT2D eigenvalue weighted by atomic mass is 79.9. The van der Waals surface area contributed by atoms with Gasteiger partial charge in [0.25, 0.3) is 0 Å². The summed E-state index contributed by atoms with van der Waals surface area (Å²) in [6.45, 7) is 5.21. The minimum atomic E-state index is 0.515. The molecule has 19 heavy (non-hydrogen) atoms. The van der Waals surface area contributed by atoms with Gasteiger partial charge in [0.05, 0.1) is 15.9 Å². The first-order valence-electron chi connectivity index (χ1n) is 6.39. The van der Waals surface area contributed by atoms with Crippen molar-refractivity contribution in [3.05, 3.63) is 38.3 Å². The van der Waals surface area contributed by atoms with E-state index < -0.39 is 0 Å². The van der Waals surface area contributed by atoms with Crippen molar-refractivity contribution in [3.63, 3.8) is 0 Å². The minimum absolute atomic E-state index is 0.515. The fourth-order valence-electron chi connectivity index (χ4n) is 2.12. The highest BCUT2D eigenvalue weighted by Gasteiger charge is 2.16. The van der Waals surface area contributed by atoms with Crippen LogP contribution in [0.15, 0.2) is 22.0 Å². The lowest BCUT2D eigenvalue weighted by Crippen LogP contribution is -2.31. The van der Waals surface area contributed by atoms with Crippen molar-refractivity contribution in [2.45, 2.75) is 32.9 Å². The average molecular weight is 342 g/mol. The molecule has 104 valence electrons. The van der Waals surface area contributed by atoms with E-state index in [2.05, 4.69) is 57.4 Å². The predicted molar refractivity (Wildman–Crippen MR) is 84.6 cm³/mol. The summed E-state index contributed by atoms with van der Waals surface area (Å²) in [6.07, 6.45) is 1.10. The quantitative estimate of drug-likeness (QED) is 0.828. The Morgan fingerprint density at radius 2 is 2.26 bits per heavy atom. The number of likely N-dealkylation sites (N-methyl/N-ethyl adjacent to an activating group) is 1. The molecule has 0 spiro atoms. The van der Waals surface area contributed by atoms with E-state index in [1.807, 2.05) is 30.0 Å². The molecule has 0 aliphatic carbocycles. The lowest BCUT2D eigenvalue weighted by atomic mass is 10.2. The summed E-state index contributed by atoms with van der Waals surface area (Å²) in [5.74, 6) is 0. The van der Waals surface area contributed by atoms with Gasteiger partial charge in [0.2, 0.25) is 0 Å². The van der Waals surface area contributed by atoms with Crippen molar-refractivity contribution in [1.29, 1.82) is 0 Å². The van der Waals surface area contributed by atoms with Crippen molar-refractivity contribution < 1.29 is 0 Å². The molecule has 0 bridgehead atoms. The Kier molecular flexibility index (Phi) is 4.81. The molecule has 2 heterocycles. The number of hydrogen-bond acceptors (Lipinski definition) is 3. The van der Waals surface area contributed by atoms with Crippen molar-refractivity contribution in [2.75, 3.05) is 7.05 Å². The zero-order valence-corrected chi connectivity index (χ0v) is 14.3. The molecule has 5 heteroatoms. The molecule has 0 N–H and O–H groups in total. The van der Waals surface area contributed by atoms with E-state index in [-0.39, 0.29) is 0 Å². The number of rotatable bonds is 5. The molecule has 0 saturated carbocycles. The number of halogens is 1. The smallest absolute Gasteiger partial charge is 0.0739 e. The molecule has 0 aliphatic heterocycles. The van der Waals surface area contributed by atoms with Crippen LogP contribution in [0.3, 0.4) is 0 Å². The van der Waals surface area contributed by atoms with E-state index >= 15 is 0 Å². The Hall–Kier alpha value is -0.650. The summed E-state index contributed by atoms with van der Waals surface area (Å²) < 4.78 is 3.10. The van der Waals surface area contributed by atoms with Crippen LogP contribution in [-0.4, -0.2) is 27.8 Å². The Balaban J connectivity index is 2.02. The van der Waals surface area contributed by atoms with Crippen LogP contribution in [0.5, 0.6) is 0 Å². The molecule has 1 unspecified atom stereocenters. The van der Waals surface area contributed by atoms with Crippen molar-refractivity contribution in [3.8, 4) is 0 Å². The molecule has 0 amide bonds. The van der Waals surface area contributed by atoms with Crippen LogP contribution in [0.1, 0.15) is 23.2 Å². The van der Waals surface area contributed by atoms with Crippen LogP contribution >= 0.6 is 27.3 Å². The molecule has 0 aromatic carbocycles. The van der Waals surface area contributed by atoms with E-state index in [9.17, 15) is 0 Å². The summed E-state index contributed by atoms with van der Waals surface area (Å²) >= 11 is 5.46. The maximum atomic E-state index is 4.44. The van der Waals surface area contributed by atoms with Crippen LogP contribution in [0.25, 0.3) is 0 Å². The molecule has 2 rings (SSSR count). The molecule has 2 aromatic rings. The van der Waals surface area contributed by atoms with Gasteiger partial charge in [0.1, 0.15) is 0 Å². The maximum absolute atomic E-state index is 4.44. The largest absolute Gasteiger partial charge is 0.297 e. The monoisotopic (exact) mass is 341 g/mol. The summed E-state index contributed by atoms with van der Waals surface area (Å²) in [6, 6.07) is 4.84. The SMILES string of the molecule is Cc1nn(C)c(CN(C)C(C)Cc2cccs2)c1Br.